The van der Waals surface area contributed by atoms with Gasteiger partial charge in [0.15, 0.2) is 0 Å². The lowest BCUT2D eigenvalue weighted by molar-refractivity contribution is -0.122. The third-order valence-electron chi connectivity index (χ3n) is 3.68. The number of nitrogens with two attached hydrogens (primary N) is 1. The van der Waals surface area contributed by atoms with Crippen molar-refractivity contribution >= 4 is 27.5 Å². The molecule has 8 nitrogen and oxygen atoms in total. The molecule has 4 N–H and O–H groups in total. The zero-order chi connectivity index (χ0) is 17.7. The van der Waals surface area contributed by atoms with Gasteiger partial charge in [-0.1, -0.05) is 19.4 Å². The lowest BCUT2D eigenvalue weighted by Crippen LogP contribution is -2.49. The molecule has 0 bridgehead atoms. The average Bonchev–Trinajstić information content (AvgIpc) is 2.55. The largest absolute Gasteiger partial charge is 0.354 e. The topological polar surface area (TPSA) is 122 Å². The summed E-state index contributed by atoms with van der Waals surface area (Å²) >= 11 is 0. The van der Waals surface area contributed by atoms with E-state index in [1.807, 2.05) is 6.92 Å². The van der Waals surface area contributed by atoms with Crippen LogP contribution in [0, 0.1) is 0 Å². The number of carbonyl (C=O) groups is 2. The number of piperazine rings is 1. The second kappa shape index (κ2) is 7.73. The number of nitrogens with one attached hydrogen (secondary N) is 2. The van der Waals surface area contributed by atoms with Crippen LogP contribution in [0.15, 0.2) is 29.2 Å². The quantitative estimate of drug-likeness (QED) is 0.657. The van der Waals surface area contributed by atoms with Crippen LogP contribution in [0.25, 0.3) is 0 Å². The summed E-state index contributed by atoms with van der Waals surface area (Å²) in [7, 11) is -3.79. The molecule has 1 heterocycles. The normalized spacial score (nSPS) is 17.2. The molecular weight excluding hydrogens is 332 g/mol. The molecule has 132 valence electrons. The van der Waals surface area contributed by atoms with Gasteiger partial charge < -0.3 is 16.4 Å². The number of benzene rings is 1. The molecule has 1 aromatic carbocycles. The van der Waals surface area contributed by atoms with E-state index >= 15 is 0 Å². The molecule has 1 saturated heterocycles. The maximum absolute atomic E-state index is 12.6. The highest BCUT2D eigenvalue weighted by molar-refractivity contribution is 7.89. The molecule has 24 heavy (non-hydrogen) atoms. The first kappa shape index (κ1) is 18.4. The van der Waals surface area contributed by atoms with E-state index in [0.717, 1.165) is 10.7 Å². The molecule has 1 unspecified atom stereocenters. The first-order valence-corrected chi connectivity index (χ1v) is 9.22. The minimum atomic E-state index is -3.79. The number of amides is 2. The molecule has 0 aliphatic carbocycles. The molecule has 2 rings (SSSR count). The number of hydrogen-bond donors (Lipinski definition) is 3. The highest BCUT2D eigenvalue weighted by Gasteiger charge is 2.29. The first-order chi connectivity index (χ1) is 11.3. The van der Waals surface area contributed by atoms with Crippen molar-refractivity contribution in [1.29, 1.82) is 0 Å². The summed E-state index contributed by atoms with van der Waals surface area (Å²) < 4.78 is 26.4. The number of nitrogens with zero attached hydrogens (tertiary/aromatic N) is 1. The Morgan fingerprint density at radius 3 is 2.88 bits per heavy atom. The van der Waals surface area contributed by atoms with E-state index in [2.05, 4.69) is 10.6 Å². The molecule has 0 spiro atoms. The van der Waals surface area contributed by atoms with Crippen molar-refractivity contribution in [2.24, 2.45) is 5.73 Å². The standard InChI is InChI=1S/C15H22N4O4S/c1-2-4-13(16)15(21)18-11-5-3-6-12(9-11)24(22,23)19-8-7-17-14(20)10-19/h3,5-6,9,13H,2,4,7-8,10,16H2,1H3,(H,17,20)(H,18,21). The Labute approximate surface area is 141 Å². The lowest BCUT2D eigenvalue weighted by Gasteiger charge is -2.26. The van der Waals surface area contributed by atoms with Gasteiger partial charge in [0.1, 0.15) is 0 Å². The highest BCUT2D eigenvalue weighted by Crippen LogP contribution is 2.20. The minimum absolute atomic E-state index is 0.0269. The van der Waals surface area contributed by atoms with Gasteiger partial charge in [-0.05, 0) is 24.6 Å². The van der Waals surface area contributed by atoms with Crippen molar-refractivity contribution in [2.75, 3.05) is 25.0 Å². The maximum atomic E-state index is 12.6. The summed E-state index contributed by atoms with van der Waals surface area (Å²) in [4.78, 5) is 23.4. The van der Waals surface area contributed by atoms with E-state index in [0.29, 0.717) is 12.1 Å². The van der Waals surface area contributed by atoms with Gasteiger partial charge in [0, 0.05) is 18.8 Å². The molecule has 2 amide bonds. The van der Waals surface area contributed by atoms with Gasteiger partial charge in [-0.3, -0.25) is 9.59 Å². The van der Waals surface area contributed by atoms with Crippen molar-refractivity contribution in [3.63, 3.8) is 0 Å². The van der Waals surface area contributed by atoms with Crippen molar-refractivity contribution < 1.29 is 18.0 Å². The van der Waals surface area contributed by atoms with Crippen LogP contribution < -0.4 is 16.4 Å². The summed E-state index contributed by atoms with van der Waals surface area (Å²) in [5, 5.41) is 5.21. The van der Waals surface area contributed by atoms with E-state index in [1.54, 1.807) is 6.07 Å². The second-order valence-corrected chi connectivity index (χ2v) is 7.54. The fourth-order valence-electron chi connectivity index (χ4n) is 2.38. The van der Waals surface area contributed by atoms with E-state index in [1.165, 1.54) is 18.2 Å². The molecule has 1 aliphatic rings. The molecule has 0 saturated carbocycles. The summed E-state index contributed by atoms with van der Waals surface area (Å²) in [5.41, 5.74) is 6.10. The SMILES string of the molecule is CCCC(N)C(=O)Nc1cccc(S(=O)(=O)N2CCNC(=O)C2)c1. The maximum Gasteiger partial charge on any atom is 0.243 e. The van der Waals surface area contributed by atoms with Gasteiger partial charge in [-0.25, -0.2) is 8.42 Å². The third-order valence-corrected chi connectivity index (χ3v) is 5.52. The van der Waals surface area contributed by atoms with Gasteiger partial charge >= 0.3 is 0 Å². The van der Waals surface area contributed by atoms with Crippen LogP contribution in [-0.4, -0.2) is 50.2 Å². The van der Waals surface area contributed by atoms with Gasteiger partial charge in [-0.15, -0.1) is 0 Å². The van der Waals surface area contributed by atoms with Crippen LogP contribution in [0.5, 0.6) is 0 Å². The van der Waals surface area contributed by atoms with Crippen molar-refractivity contribution in [3.8, 4) is 0 Å². The smallest absolute Gasteiger partial charge is 0.243 e. The molecule has 1 atom stereocenters. The van der Waals surface area contributed by atoms with E-state index in [9.17, 15) is 18.0 Å². The summed E-state index contributed by atoms with van der Waals surface area (Å²) in [6.07, 6.45) is 1.33. The summed E-state index contributed by atoms with van der Waals surface area (Å²) in [6.45, 7) is 2.21. The minimum Gasteiger partial charge on any atom is -0.354 e. The Balaban J connectivity index is 2.17. The Morgan fingerprint density at radius 2 is 2.21 bits per heavy atom. The van der Waals surface area contributed by atoms with Crippen LogP contribution in [0.1, 0.15) is 19.8 Å². The molecular formula is C15H22N4O4S. The van der Waals surface area contributed by atoms with Crippen molar-refractivity contribution in [1.82, 2.24) is 9.62 Å². The number of rotatable bonds is 6. The number of hydrogen-bond acceptors (Lipinski definition) is 5. The Kier molecular flexibility index (Phi) is 5.92. The zero-order valence-electron chi connectivity index (χ0n) is 13.5. The summed E-state index contributed by atoms with van der Waals surface area (Å²) in [6, 6.07) is 5.30. The fourth-order valence-corrected chi connectivity index (χ4v) is 3.82. The first-order valence-electron chi connectivity index (χ1n) is 7.78. The average molecular weight is 354 g/mol. The Bertz CT molecular complexity index is 720. The third kappa shape index (κ3) is 4.31. The Hall–Kier alpha value is -1.97. The van der Waals surface area contributed by atoms with Crippen LogP contribution in [0.4, 0.5) is 5.69 Å². The van der Waals surface area contributed by atoms with Crippen LogP contribution >= 0.6 is 0 Å². The lowest BCUT2D eigenvalue weighted by atomic mass is 10.1. The van der Waals surface area contributed by atoms with Crippen LogP contribution in [0.2, 0.25) is 0 Å². The second-order valence-electron chi connectivity index (χ2n) is 5.60. The number of sulfonamides is 1. The fraction of sp³-hybridized carbons (Fsp3) is 0.467. The van der Waals surface area contributed by atoms with Crippen LogP contribution in [-0.2, 0) is 19.6 Å². The number of carbonyl (C=O) groups excluding carboxylic acids is 2. The molecule has 0 radical (unpaired) electrons. The van der Waals surface area contributed by atoms with Gasteiger partial charge in [0.2, 0.25) is 21.8 Å². The molecule has 1 aliphatic heterocycles. The van der Waals surface area contributed by atoms with Gasteiger partial charge in [-0.2, -0.15) is 4.31 Å². The zero-order valence-corrected chi connectivity index (χ0v) is 14.3. The van der Waals surface area contributed by atoms with Gasteiger partial charge in [0.25, 0.3) is 0 Å². The van der Waals surface area contributed by atoms with Crippen molar-refractivity contribution in [2.45, 2.75) is 30.7 Å². The van der Waals surface area contributed by atoms with E-state index < -0.39 is 16.1 Å². The molecule has 1 aromatic rings. The summed E-state index contributed by atoms with van der Waals surface area (Å²) in [5.74, 6) is -0.691. The molecule has 9 heteroatoms. The van der Waals surface area contributed by atoms with E-state index in [-0.39, 0.29) is 36.3 Å². The molecule has 1 fully saturated rings. The monoisotopic (exact) mass is 354 g/mol. The predicted molar refractivity (Wildman–Crippen MR) is 89.7 cm³/mol. The Morgan fingerprint density at radius 1 is 1.46 bits per heavy atom. The van der Waals surface area contributed by atoms with Crippen LogP contribution in [0.3, 0.4) is 0 Å². The highest BCUT2D eigenvalue weighted by atomic mass is 32.2. The van der Waals surface area contributed by atoms with Crippen molar-refractivity contribution in [3.05, 3.63) is 24.3 Å². The van der Waals surface area contributed by atoms with E-state index in [4.69, 9.17) is 5.73 Å². The molecule has 0 aromatic heterocycles. The number of anilines is 1. The van der Waals surface area contributed by atoms with Gasteiger partial charge in [0.05, 0.1) is 17.5 Å². The predicted octanol–water partition coefficient (Wildman–Crippen LogP) is -0.127.